The van der Waals surface area contributed by atoms with Crippen LogP contribution in [0.2, 0.25) is 0 Å². The Kier molecular flexibility index (Phi) is 5.46. The SMILES string of the molecule is Cc1cc(OC(C)C)nc(NCC2CCCCC2Cl)n1. The Morgan fingerprint density at radius 3 is 2.80 bits per heavy atom. The van der Waals surface area contributed by atoms with E-state index in [2.05, 4.69) is 15.3 Å². The summed E-state index contributed by atoms with van der Waals surface area (Å²) in [7, 11) is 0. The highest BCUT2D eigenvalue weighted by Gasteiger charge is 2.23. The first-order valence-electron chi connectivity index (χ1n) is 7.45. The molecular formula is C15H24ClN3O. The van der Waals surface area contributed by atoms with Gasteiger partial charge in [-0.05, 0) is 39.5 Å². The van der Waals surface area contributed by atoms with Crippen molar-refractivity contribution in [2.75, 3.05) is 11.9 Å². The number of halogens is 1. The molecule has 1 aliphatic carbocycles. The molecule has 2 unspecified atom stereocenters. The van der Waals surface area contributed by atoms with Gasteiger partial charge in [0.25, 0.3) is 0 Å². The van der Waals surface area contributed by atoms with E-state index in [1.54, 1.807) is 0 Å². The third-order valence-corrected chi connectivity index (χ3v) is 4.10. The summed E-state index contributed by atoms with van der Waals surface area (Å²) < 4.78 is 5.63. The maximum absolute atomic E-state index is 6.37. The quantitative estimate of drug-likeness (QED) is 0.840. The van der Waals surface area contributed by atoms with E-state index in [1.165, 1.54) is 19.3 Å². The maximum Gasteiger partial charge on any atom is 0.226 e. The van der Waals surface area contributed by atoms with Gasteiger partial charge in [0.05, 0.1) is 6.10 Å². The molecule has 1 aromatic rings. The first-order chi connectivity index (χ1) is 9.54. The average molecular weight is 298 g/mol. The van der Waals surface area contributed by atoms with Gasteiger partial charge in [-0.3, -0.25) is 0 Å². The molecule has 0 spiro atoms. The van der Waals surface area contributed by atoms with Crippen LogP contribution in [0.4, 0.5) is 5.95 Å². The fourth-order valence-electron chi connectivity index (χ4n) is 2.54. The smallest absolute Gasteiger partial charge is 0.226 e. The lowest BCUT2D eigenvalue weighted by Gasteiger charge is -2.27. The van der Waals surface area contributed by atoms with Crippen LogP contribution in [0, 0.1) is 12.8 Å². The largest absolute Gasteiger partial charge is 0.475 e. The van der Waals surface area contributed by atoms with Crippen molar-refractivity contribution in [3.8, 4) is 5.88 Å². The van der Waals surface area contributed by atoms with Gasteiger partial charge in [-0.1, -0.05) is 12.8 Å². The molecule has 2 atom stereocenters. The normalized spacial score (nSPS) is 22.9. The molecule has 5 heteroatoms. The van der Waals surface area contributed by atoms with Crippen molar-refractivity contribution in [3.05, 3.63) is 11.8 Å². The predicted octanol–water partition coefficient (Wildman–Crippen LogP) is 3.78. The molecule has 0 amide bonds. The van der Waals surface area contributed by atoms with Gasteiger partial charge < -0.3 is 10.1 Å². The van der Waals surface area contributed by atoms with Crippen LogP contribution < -0.4 is 10.1 Å². The second kappa shape index (κ2) is 7.11. The summed E-state index contributed by atoms with van der Waals surface area (Å²) in [5, 5.41) is 3.58. The number of rotatable bonds is 5. The molecular weight excluding hydrogens is 274 g/mol. The lowest BCUT2D eigenvalue weighted by Crippen LogP contribution is -2.27. The number of ether oxygens (including phenoxy) is 1. The number of aromatic nitrogens is 2. The minimum Gasteiger partial charge on any atom is -0.475 e. The standard InChI is InChI=1S/C15H24ClN3O/c1-10(2)20-14-8-11(3)18-15(19-14)17-9-12-6-4-5-7-13(12)16/h8,10,12-13H,4-7,9H2,1-3H3,(H,17,18,19). The van der Waals surface area contributed by atoms with Crippen molar-refractivity contribution in [1.82, 2.24) is 9.97 Å². The summed E-state index contributed by atoms with van der Waals surface area (Å²) in [6, 6.07) is 1.86. The minimum atomic E-state index is 0.114. The molecule has 0 saturated heterocycles. The molecule has 0 radical (unpaired) electrons. The Morgan fingerprint density at radius 1 is 1.35 bits per heavy atom. The van der Waals surface area contributed by atoms with E-state index in [-0.39, 0.29) is 11.5 Å². The molecule has 0 aromatic carbocycles. The maximum atomic E-state index is 6.37. The summed E-state index contributed by atoms with van der Waals surface area (Å²) in [5.41, 5.74) is 0.907. The lowest BCUT2D eigenvalue weighted by atomic mass is 9.89. The zero-order chi connectivity index (χ0) is 14.5. The van der Waals surface area contributed by atoms with E-state index in [0.29, 0.717) is 17.7 Å². The van der Waals surface area contributed by atoms with Crippen molar-refractivity contribution in [3.63, 3.8) is 0 Å². The van der Waals surface area contributed by atoms with Crippen LogP contribution in [0.15, 0.2) is 6.07 Å². The van der Waals surface area contributed by atoms with Gasteiger partial charge in [-0.15, -0.1) is 11.6 Å². The van der Waals surface area contributed by atoms with Gasteiger partial charge in [0.1, 0.15) is 0 Å². The summed E-state index contributed by atoms with van der Waals surface area (Å²) in [4.78, 5) is 8.80. The highest BCUT2D eigenvalue weighted by atomic mass is 35.5. The van der Waals surface area contributed by atoms with Crippen molar-refractivity contribution in [1.29, 1.82) is 0 Å². The fraction of sp³-hybridized carbons (Fsp3) is 0.733. The third-order valence-electron chi connectivity index (χ3n) is 3.53. The molecule has 1 aliphatic rings. The predicted molar refractivity (Wildman–Crippen MR) is 82.6 cm³/mol. The van der Waals surface area contributed by atoms with Crippen LogP contribution in [0.5, 0.6) is 5.88 Å². The third kappa shape index (κ3) is 4.51. The molecule has 2 rings (SSSR count). The molecule has 1 fully saturated rings. The van der Waals surface area contributed by atoms with Crippen molar-refractivity contribution in [2.24, 2.45) is 5.92 Å². The van der Waals surface area contributed by atoms with Gasteiger partial charge in [0, 0.05) is 23.7 Å². The summed E-state index contributed by atoms with van der Waals surface area (Å²) in [6.07, 6.45) is 4.93. The van der Waals surface area contributed by atoms with Gasteiger partial charge >= 0.3 is 0 Å². The number of nitrogens with zero attached hydrogens (tertiary/aromatic N) is 2. The van der Waals surface area contributed by atoms with Crippen LogP contribution in [0.1, 0.15) is 45.2 Å². The van der Waals surface area contributed by atoms with Crippen molar-refractivity contribution < 1.29 is 4.74 Å². The first kappa shape index (κ1) is 15.4. The summed E-state index contributed by atoms with van der Waals surface area (Å²) in [6.45, 7) is 6.76. The zero-order valence-electron chi connectivity index (χ0n) is 12.5. The van der Waals surface area contributed by atoms with E-state index in [0.717, 1.165) is 18.7 Å². The van der Waals surface area contributed by atoms with Crippen LogP contribution in [-0.2, 0) is 0 Å². The molecule has 112 valence electrons. The Bertz CT molecular complexity index is 439. The van der Waals surface area contributed by atoms with Crippen LogP contribution in [0.3, 0.4) is 0 Å². The zero-order valence-corrected chi connectivity index (χ0v) is 13.3. The highest BCUT2D eigenvalue weighted by Crippen LogP contribution is 2.28. The topological polar surface area (TPSA) is 47.0 Å². The van der Waals surface area contributed by atoms with E-state index < -0.39 is 0 Å². The molecule has 1 aromatic heterocycles. The second-order valence-corrected chi connectivity index (χ2v) is 6.34. The fourth-order valence-corrected chi connectivity index (χ4v) is 2.90. The molecule has 1 saturated carbocycles. The molecule has 0 aliphatic heterocycles. The van der Waals surface area contributed by atoms with Crippen molar-refractivity contribution in [2.45, 2.75) is 57.9 Å². The molecule has 0 bridgehead atoms. The van der Waals surface area contributed by atoms with E-state index >= 15 is 0 Å². The number of alkyl halides is 1. The van der Waals surface area contributed by atoms with Gasteiger partial charge in [-0.2, -0.15) is 4.98 Å². The number of aryl methyl sites for hydroxylation is 1. The molecule has 4 nitrogen and oxygen atoms in total. The van der Waals surface area contributed by atoms with E-state index in [4.69, 9.17) is 16.3 Å². The van der Waals surface area contributed by atoms with Crippen molar-refractivity contribution >= 4 is 17.5 Å². The second-order valence-electron chi connectivity index (χ2n) is 5.78. The first-order valence-corrected chi connectivity index (χ1v) is 7.88. The van der Waals surface area contributed by atoms with E-state index in [9.17, 15) is 0 Å². The Labute approximate surface area is 126 Å². The van der Waals surface area contributed by atoms with Gasteiger partial charge in [-0.25, -0.2) is 4.98 Å². The minimum absolute atomic E-state index is 0.114. The number of hydrogen-bond acceptors (Lipinski definition) is 4. The van der Waals surface area contributed by atoms with Gasteiger partial charge in [0.15, 0.2) is 0 Å². The number of anilines is 1. The highest BCUT2D eigenvalue weighted by molar-refractivity contribution is 6.20. The van der Waals surface area contributed by atoms with Crippen LogP contribution in [0.25, 0.3) is 0 Å². The lowest BCUT2D eigenvalue weighted by molar-refractivity contribution is 0.232. The van der Waals surface area contributed by atoms with Crippen LogP contribution in [-0.4, -0.2) is 28.0 Å². The molecule has 20 heavy (non-hydrogen) atoms. The monoisotopic (exact) mass is 297 g/mol. The Balaban J connectivity index is 1.96. The molecule has 1 N–H and O–H groups in total. The summed E-state index contributed by atoms with van der Waals surface area (Å²) in [5.74, 6) is 1.76. The van der Waals surface area contributed by atoms with Gasteiger partial charge in [0.2, 0.25) is 11.8 Å². The Hall–Kier alpha value is -1.03. The van der Waals surface area contributed by atoms with E-state index in [1.807, 2.05) is 26.8 Å². The number of hydrogen-bond donors (Lipinski definition) is 1. The Morgan fingerprint density at radius 2 is 2.10 bits per heavy atom. The molecule has 1 heterocycles. The summed E-state index contributed by atoms with van der Waals surface area (Å²) >= 11 is 6.37. The average Bonchev–Trinajstić information content (AvgIpc) is 2.36. The number of nitrogens with one attached hydrogen (secondary N) is 1. The van der Waals surface area contributed by atoms with Crippen LogP contribution >= 0.6 is 11.6 Å².